The summed E-state index contributed by atoms with van der Waals surface area (Å²) >= 11 is 0. The van der Waals surface area contributed by atoms with E-state index in [-0.39, 0.29) is 17.5 Å². The molecule has 92 valence electrons. The van der Waals surface area contributed by atoms with Crippen LogP contribution < -0.4 is 0 Å². The van der Waals surface area contributed by atoms with Gasteiger partial charge >= 0.3 is 5.97 Å². The number of rotatable bonds is 2. The third-order valence-corrected chi connectivity index (χ3v) is 3.00. The number of carbonyl (C=O) groups excluding carboxylic acids is 1. The van der Waals surface area contributed by atoms with Crippen molar-refractivity contribution in [3.8, 4) is 0 Å². The molecule has 0 bridgehead atoms. The van der Waals surface area contributed by atoms with Gasteiger partial charge in [-0.25, -0.2) is 0 Å². The van der Waals surface area contributed by atoms with E-state index in [2.05, 4.69) is 13.0 Å². The van der Waals surface area contributed by atoms with Gasteiger partial charge in [-0.15, -0.1) is 0 Å². The van der Waals surface area contributed by atoms with Gasteiger partial charge in [0.25, 0.3) is 0 Å². The Labute approximate surface area is 99.1 Å². The molecule has 1 saturated carbocycles. The minimum atomic E-state index is -0.372. The monoisotopic (exact) mass is 224 g/mol. The van der Waals surface area contributed by atoms with Crippen LogP contribution in [0, 0.1) is 17.8 Å². The zero-order chi connectivity index (χ0) is 12.3. The highest BCUT2D eigenvalue weighted by Gasteiger charge is 2.37. The average molecular weight is 224 g/mol. The van der Waals surface area contributed by atoms with Gasteiger partial charge in [-0.1, -0.05) is 19.1 Å². The number of esters is 1. The van der Waals surface area contributed by atoms with Crippen LogP contribution in [0.2, 0.25) is 0 Å². The second kappa shape index (κ2) is 5.03. The molecule has 0 radical (unpaired) electrons. The Morgan fingerprint density at radius 2 is 1.94 bits per heavy atom. The summed E-state index contributed by atoms with van der Waals surface area (Å²) < 4.78 is 5.47. The summed E-state index contributed by atoms with van der Waals surface area (Å²) in [6, 6.07) is 0. The Morgan fingerprint density at radius 3 is 2.44 bits per heavy atom. The molecule has 0 heterocycles. The van der Waals surface area contributed by atoms with Crippen LogP contribution in [0.25, 0.3) is 0 Å². The molecule has 2 nitrogen and oxygen atoms in total. The maximum Gasteiger partial charge on any atom is 0.310 e. The van der Waals surface area contributed by atoms with Crippen molar-refractivity contribution in [2.24, 2.45) is 17.8 Å². The molecule has 1 aliphatic rings. The molecule has 0 spiro atoms. The highest BCUT2D eigenvalue weighted by atomic mass is 16.6. The SMILES string of the molecule is C/C=C/C1CC(C)CC1C(=O)OC(C)(C)C. The van der Waals surface area contributed by atoms with Gasteiger partial charge in [-0.3, -0.25) is 4.79 Å². The van der Waals surface area contributed by atoms with Crippen molar-refractivity contribution >= 4 is 5.97 Å². The Kier molecular flexibility index (Phi) is 4.17. The van der Waals surface area contributed by atoms with Crippen LogP contribution in [-0.4, -0.2) is 11.6 Å². The van der Waals surface area contributed by atoms with Gasteiger partial charge in [-0.2, -0.15) is 0 Å². The predicted octanol–water partition coefficient (Wildman–Crippen LogP) is 3.57. The molecule has 0 aromatic heterocycles. The predicted molar refractivity (Wildman–Crippen MR) is 66.0 cm³/mol. The largest absolute Gasteiger partial charge is 0.460 e. The van der Waals surface area contributed by atoms with Gasteiger partial charge in [0.15, 0.2) is 0 Å². The number of ether oxygens (including phenoxy) is 1. The summed E-state index contributed by atoms with van der Waals surface area (Å²) in [6.07, 6.45) is 6.26. The van der Waals surface area contributed by atoms with E-state index in [1.807, 2.05) is 33.8 Å². The molecule has 2 heteroatoms. The molecule has 1 fully saturated rings. The topological polar surface area (TPSA) is 26.3 Å². The van der Waals surface area contributed by atoms with Crippen molar-refractivity contribution in [3.05, 3.63) is 12.2 Å². The van der Waals surface area contributed by atoms with Gasteiger partial charge in [0.05, 0.1) is 5.92 Å². The number of hydrogen-bond donors (Lipinski definition) is 0. The Bertz CT molecular complexity index is 273. The minimum Gasteiger partial charge on any atom is -0.460 e. The van der Waals surface area contributed by atoms with Crippen LogP contribution in [0.4, 0.5) is 0 Å². The van der Waals surface area contributed by atoms with Gasteiger partial charge in [0.2, 0.25) is 0 Å². The van der Waals surface area contributed by atoms with E-state index in [1.54, 1.807) is 0 Å². The van der Waals surface area contributed by atoms with E-state index >= 15 is 0 Å². The van der Waals surface area contributed by atoms with E-state index in [1.165, 1.54) is 0 Å². The number of allylic oxidation sites excluding steroid dienone is 2. The van der Waals surface area contributed by atoms with Crippen molar-refractivity contribution in [1.82, 2.24) is 0 Å². The fourth-order valence-corrected chi connectivity index (χ4v) is 2.44. The summed E-state index contributed by atoms with van der Waals surface area (Å²) in [6.45, 7) is 9.99. The Balaban J connectivity index is 2.67. The first-order valence-corrected chi connectivity index (χ1v) is 6.19. The van der Waals surface area contributed by atoms with E-state index in [4.69, 9.17) is 4.74 Å². The Hall–Kier alpha value is -0.790. The zero-order valence-corrected chi connectivity index (χ0v) is 11.1. The normalized spacial score (nSPS) is 30.9. The molecule has 0 aromatic rings. The van der Waals surface area contributed by atoms with Crippen LogP contribution in [0.3, 0.4) is 0 Å². The molecule has 1 rings (SSSR count). The van der Waals surface area contributed by atoms with Gasteiger partial charge in [0, 0.05) is 0 Å². The van der Waals surface area contributed by atoms with Crippen molar-refractivity contribution in [2.45, 2.75) is 53.1 Å². The molecular formula is C14H24O2. The van der Waals surface area contributed by atoms with E-state index in [0.29, 0.717) is 11.8 Å². The third kappa shape index (κ3) is 3.66. The Morgan fingerprint density at radius 1 is 1.31 bits per heavy atom. The fraction of sp³-hybridized carbons (Fsp3) is 0.786. The van der Waals surface area contributed by atoms with Crippen LogP contribution in [0.5, 0.6) is 0 Å². The quantitative estimate of drug-likeness (QED) is 0.529. The standard InChI is InChI=1S/C14H24O2/c1-6-7-11-8-10(2)9-12(11)13(15)16-14(3,4)5/h6-7,10-12H,8-9H2,1-5H3/b7-6+. The first-order chi connectivity index (χ1) is 7.33. The summed E-state index contributed by atoms with van der Waals surface area (Å²) in [5, 5.41) is 0. The second-order valence-electron chi connectivity index (χ2n) is 5.91. The molecule has 0 saturated heterocycles. The molecular weight excluding hydrogens is 200 g/mol. The van der Waals surface area contributed by atoms with Gasteiger partial charge < -0.3 is 4.74 Å². The maximum absolute atomic E-state index is 12.0. The second-order valence-corrected chi connectivity index (χ2v) is 5.91. The van der Waals surface area contributed by atoms with Crippen LogP contribution >= 0.6 is 0 Å². The lowest BCUT2D eigenvalue weighted by Gasteiger charge is -2.23. The third-order valence-electron chi connectivity index (χ3n) is 3.00. The van der Waals surface area contributed by atoms with E-state index < -0.39 is 0 Å². The lowest BCUT2D eigenvalue weighted by Crippen LogP contribution is -2.30. The molecule has 3 atom stereocenters. The van der Waals surface area contributed by atoms with E-state index in [0.717, 1.165) is 12.8 Å². The van der Waals surface area contributed by atoms with Crippen molar-refractivity contribution in [3.63, 3.8) is 0 Å². The highest BCUT2D eigenvalue weighted by molar-refractivity contribution is 5.74. The highest BCUT2D eigenvalue weighted by Crippen LogP contribution is 2.38. The molecule has 0 aliphatic heterocycles. The first kappa shape index (κ1) is 13.3. The zero-order valence-electron chi connectivity index (χ0n) is 11.1. The van der Waals surface area contributed by atoms with Crippen molar-refractivity contribution in [2.75, 3.05) is 0 Å². The van der Waals surface area contributed by atoms with Crippen LogP contribution in [0.15, 0.2) is 12.2 Å². The summed E-state index contributed by atoms with van der Waals surface area (Å²) in [5.74, 6) is 1.03. The summed E-state index contributed by atoms with van der Waals surface area (Å²) in [5.41, 5.74) is -0.372. The van der Waals surface area contributed by atoms with Crippen molar-refractivity contribution < 1.29 is 9.53 Å². The summed E-state index contributed by atoms with van der Waals surface area (Å²) in [7, 11) is 0. The molecule has 0 amide bonds. The van der Waals surface area contributed by atoms with Gasteiger partial charge in [-0.05, 0) is 52.4 Å². The lowest BCUT2D eigenvalue weighted by molar-refractivity contribution is -0.160. The molecule has 0 N–H and O–H groups in total. The van der Waals surface area contributed by atoms with Gasteiger partial charge in [0.1, 0.15) is 5.60 Å². The van der Waals surface area contributed by atoms with E-state index in [9.17, 15) is 4.79 Å². The maximum atomic E-state index is 12.0. The van der Waals surface area contributed by atoms with Crippen LogP contribution in [-0.2, 0) is 9.53 Å². The fourth-order valence-electron chi connectivity index (χ4n) is 2.44. The minimum absolute atomic E-state index is 0.0278. The number of hydrogen-bond acceptors (Lipinski definition) is 2. The first-order valence-electron chi connectivity index (χ1n) is 6.19. The number of carbonyl (C=O) groups is 1. The molecule has 16 heavy (non-hydrogen) atoms. The van der Waals surface area contributed by atoms with Crippen LogP contribution in [0.1, 0.15) is 47.5 Å². The van der Waals surface area contributed by atoms with Crippen molar-refractivity contribution in [1.29, 1.82) is 0 Å². The molecule has 3 unspecified atom stereocenters. The lowest BCUT2D eigenvalue weighted by atomic mass is 9.95. The summed E-state index contributed by atoms with van der Waals surface area (Å²) in [4.78, 5) is 12.0. The average Bonchev–Trinajstić information content (AvgIpc) is 2.44. The molecule has 0 aromatic carbocycles. The molecule has 1 aliphatic carbocycles. The smallest absolute Gasteiger partial charge is 0.310 e.